The fraction of sp³-hybridized carbons (Fsp3) is 0.333. The zero-order chi connectivity index (χ0) is 9.68. The molecule has 3 nitrogen and oxygen atoms in total. The molecule has 0 radical (unpaired) electrons. The van der Waals surface area contributed by atoms with E-state index in [2.05, 4.69) is 4.84 Å². The van der Waals surface area contributed by atoms with Gasteiger partial charge in [-0.15, -0.1) is 0 Å². The van der Waals surface area contributed by atoms with Gasteiger partial charge in [0, 0.05) is 6.42 Å². The Labute approximate surface area is 75.9 Å². The lowest BCUT2D eigenvalue weighted by molar-refractivity contribution is 0.140. The summed E-state index contributed by atoms with van der Waals surface area (Å²) < 4.78 is 12.2. The van der Waals surface area contributed by atoms with Crippen molar-refractivity contribution in [2.45, 2.75) is 13.1 Å². The van der Waals surface area contributed by atoms with E-state index in [1.54, 1.807) is 12.1 Å². The van der Waals surface area contributed by atoms with Crippen LogP contribution in [0.25, 0.3) is 0 Å². The van der Waals surface area contributed by atoms with Gasteiger partial charge >= 0.3 is 0 Å². The summed E-state index contributed by atoms with van der Waals surface area (Å²) in [5, 5.41) is 9.34. The molecule has 13 heavy (non-hydrogen) atoms. The number of alkyl halides is 1. The van der Waals surface area contributed by atoms with Crippen molar-refractivity contribution in [2.75, 3.05) is 6.61 Å². The van der Waals surface area contributed by atoms with Gasteiger partial charge in [0.2, 0.25) is 0 Å². The van der Waals surface area contributed by atoms with Crippen molar-refractivity contribution in [1.29, 1.82) is 0 Å². The highest BCUT2D eigenvalue weighted by molar-refractivity contribution is 5.36. The standard InChI is InChI=1S/C9H12FNO2/c10-6-7-1-2-9(12)8(5-7)3-4-13-11/h1-2,5,12H,3-4,6,11H2. The lowest BCUT2D eigenvalue weighted by Gasteiger charge is -2.04. The fourth-order valence-corrected chi connectivity index (χ4v) is 1.09. The molecule has 0 fully saturated rings. The Morgan fingerprint density at radius 1 is 1.46 bits per heavy atom. The minimum absolute atomic E-state index is 0.147. The van der Waals surface area contributed by atoms with Gasteiger partial charge in [0.25, 0.3) is 0 Å². The molecular formula is C9H12FNO2. The molecule has 0 saturated carbocycles. The SMILES string of the molecule is NOCCc1cc(CF)ccc1O. The van der Waals surface area contributed by atoms with E-state index < -0.39 is 6.67 Å². The van der Waals surface area contributed by atoms with Crippen LogP contribution >= 0.6 is 0 Å². The summed E-state index contributed by atoms with van der Waals surface area (Å²) in [4.78, 5) is 4.37. The van der Waals surface area contributed by atoms with Crippen LogP contribution < -0.4 is 5.90 Å². The maximum absolute atomic E-state index is 12.2. The summed E-state index contributed by atoms with van der Waals surface area (Å²) in [5.41, 5.74) is 1.20. The first kappa shape index (κ1) is 9.95. The molecule has 0 bridgehead atoms. The van der Waals surface area contributed by atoms with E-state index in [1.807, 2.05) is 0 Å². The molecule has 0 heterocycles. The first-order chi connectivity index (χ1) is 6.27. The van der Waals surface area contributed by atoms with Crippen molar-refractivity contribution in [1.82, 2.24) is 0 Å². The number of hydrogen-bond acceptors (Lipinski definition) is 3. The number of hydrogen-bond donors (Lipinski definition) is 2. The van der Waals surface area contributed by atoms with Gasteiger partial charge in [0.05, 0.1) is 6.61 Å². The molecule has 0 aliphatic carbocycles. The second-order valence-corrected chi connectivity index (χ2v) is 2.72. The average molecular weight is 185 g/mol. The Hall–Kier alpha value is -1.13. The van der Waals surface area contributed by atoms with Crippen LogP contribution in [0.5, 0.6) is 5.75 Å². The Bertz CT molecular complexity index is 278. The summed E-state index contributed by atoms with van der Waals surface area (Å²) >= 11 is 0. The highest BCUT2D eigenvalue weighted by Gasteiger charge is 2.02. The number of benzene rings is 1. The number of nitrogens with two attached hydrogens (primary N) is 1. The number of phenolic OH excluding ortho intramolecular Hbond substituents is 1. The molecular weight excluding hydrogens is 173 g/mol. The topological polar surface area (TPSA) is 55.5 Å². The number of halogens is 1. The molecule has 0 saturated heterocycles. The van der Waals surface area contributed by atoms with Crippen LogP contribution in [0.1, 0.15) is 11.1 Å². The molecule has 1 aromatic rings. The molecule has 4 heteroatoms. The first-order valence-electron chi connectivity index (χ1n) is 3.96. The second kappa shape index (κ2) is 4.79. The van der Waals surface area contributed by atoms with Gasteiger partial charge in [0.1, 0.15) is 12.4 Å². The zero-order valence-corrected chi connectivity index (χ0v) is 7.16. The van der Waals surface area contributed by atoms with Crippen LogP contribution in [0.2, 0.25) is 0 Å². The quantitative estimate of drug-likeness (QED) is 0.695. The lowest BCUT2D eigenvalue weighted by atomic mass is 10.1. The van der Waals surface area contributed by atoms with Gasteiger partial charge in [-0.2, -0.15) is 0 Å². The van der Waals surface area contributed by atoms with Crippen molar-refractivity contribution in [2.24, 2.45) is 5.90 Å². The van der Waals surface area contributed by atoms with Crippen molar-refractivity contribution >= 4 is 0 Å². The van der Waals surface area contributed by atoms with Crippen molar-refractivity contribution in [3.63, 3.8) is 0 Å². The third-order valence-electron chi connectivity index (χ3n) is 1.79. The summed E-state index contributed by atoms with van der Waals surface area (Å²) in [6.07, 6.45) is 0.482. The minimum Gasteiger partial charge on any atom is -0.508 e. The monoisotopic (exact) mass is 185 g/mol. The van der Waals surface area contributed by atoms with Gasteiger partial charge < -0.3 is 9.94 Å². The smallest absolute Gasteiger partial charge is 0.118 e. The average Bonchev–Trinajstić information content (AvgIpc) is 2.17. The maximum atomic E-state index is 12.2. The van der Waals surface area contributed by atoms with Crippen LogP contribution in [-0.4, -0.2) is 11.7 Å². The van der Waals surface area contributed by atoms with Crippen molar-refractivity contribution < 1.29 is 14.3 Å². The largest absolute Gasteiger partial charge is 0.508 e. The maximum Gasteiger partial charge on any atom is 0.118 e. The van der Waals surface area contributed by atoms with E-state index in [4.69, 9.17) is 5.90 Å². The van der Waals surface area contributed by atoms with Crippen LogP contribution in [0.4, 0.5) is 4.39 Å². The lowest BCUT2D eigenvalue weighted by Crippen LogP contribution is -2.04. The summed E-state index contributed by atoms with van der Waals surface area (Å²) in [6.45, 7) is -0.222. The van der Waals surface area contributed by atoms with Crippen LogP contribution in [0.3, 0.4) is 0 Å². The molecule has 1 aromatic carbocycles. The van der Waals surface area contributed by atoms with Crippen LogP contribution in [0, 0.1) is 0 Å². The van der Waals surface area contributed by atoms with Crippen molar-refractivity contribution in [3.05, 3.63) is 29.3 Å². The number of phenols is 1. The Morgan fingerprint density at radius 2 is 2.23 bits per heavy atom. The van der Waals surface area contributed by atoms with Gasteiger partial charge in [-0.3, -0.25) is 0 Å². The fourth-order valence-electron chi connectivity index (χ4n) is 1.09. The molecule has 0 spiro atoms. The van der Waals surface area contributed by atoms with E-state index in [-0.39, 0.29) is 5.75 Å². The van der Waals surface area contributed by atoms with Gasteiger partial charge in [-0.25, -0.2) is 10.3 Å². The predicted octanol–water partition coefficient (Wildman–Crippen LogP) is 1.29. The predicted molar refractivity (Wildman–Crippen MR) is 46.8 cm³/mol. The Kier molecular flexibility index (Phi) is 3.67. The summed E-state index contributed by atoms with van der Waals surface area (Å²) in [7, 11) is 0. The molecule has 0 aromatic heterocycles. The molecule has 72 valence electrons. The van der Waals surface area contributed by atoms with Gasteiger partial charge in [-0.1, -0.05) is 6.07 Å². The first-order valence-corrected chi connectivity index (χ1v) is 3.96. The number of rotatable bonds is 4. The Balaban J connectivity index is 2.78. The molecule has 3 N–H and O–H groups in total. The van der Waals surface area contributed by atoms with Gasteiger partial charge in [0.15, 0.2) is 0 Å². The van der Waals surface area contributed by atoms with Crippen LogP contribution in [0.15, 0.2) is 18.2 Å². The molecule has 0 aliphatic rings. The van der Waals surface area contributed by atoms with Gasteiger partial charge in [-0.05, 0) is 23.3 Å². The highest BCUT2D eigenvalue weighted by Crippen LogP contribution is 2.19. The normalized spacial score (nSPS) is 10.3. The number of aromatic hydroxyl groups is 1. The Morgan fingerprint density at radius 3 is 2.85 bits per heavy atom. The zero-order valence-electron chi connectivity index (χ0n) is 7.16. The summed E-state index contributed by atoms with van der Waals surface area (Å²) in [6, 6.07) is 4.62. The van der Waals surface area contributed by atoms with E-state index in [9.17, 15) is 9.50 Å². The second-order valence-electron chi connectivity index (χ2n) is 2.72. The molecule has 0 aliphatic heterocycles. The summed E-state index contributed by atoms with van der Waals surface area (Å²) in [5.74, 6) is 4.99. The van der Waals surface area contributed by atoms with E-state index in [0.717, 1.165) is 0 Å². The third-order valence-corrected chi connectivity index (χ3v) is 1.79. The third kappa shape index (κ3) is 2.68. The van der Waals surface area contributed by atoms with E-state index >= 15 is 0 Å². The van der Waals surface area contributed by atoms with Crippen molar-refractivity contribution in [3.8, 4) is 5.75 Å². The molecule has 0 unspecified atom stereocenters. The minimum atomic E-state index is -0.531. The van der Waals surface area contributed by atoms with E-state index in [0.29, 0.717) is 24.2 Å². The molecule has 1 rings (SSSR count). The highest BCUT2D eigenvalue weighted by atomic mass is 19.1. The van der Waals surface area contributed by atoms with Crippen LogP contribution in [-0.2, 0) is 17.9 Å². The molecule has 0 amide bonds. The van der Waals surface area contributed by atoms with E-state index in [1.165, 1.54) is 6.07 Å². The molecule has 0 atom stereocenters.